The molecule has 2 aliphatic heterocycles. The molecule has 10 heteroatoms. The van der Waals surface area contributed by atoms with E-state index in [4.69, 9.17) is 5.73 Å². The number of piperazine rings is 1. The molecule has 5 N–H and O–H groups in total. The molecule has 2 atom stereocenters. The Bertz CT molecular complexity index is 1250. The highest BCUT2D eigenvalue weighted by molar-refractivity contribution is 5.95. The SMILES string of the molecule is C[C@@H](N)C(=O)N1CCN(c2ccc(Nc3nccc(-c4ccc(NC(=O)[C@H]5CCCN5)cc4)n3)cc2)CC1. The first-order chi connectivity index (χ1) is 18.5. The van der Waals surface area contributed by atoms with Crippen molar-refractivity contribution in [3.63, 3.8) is 0 Å². The molecule has 0 aliphatic carbocycles. The molecular weight excluding hydrogens is 480 g/mol. The van der Waals surface area contributed by atoms with Gasteiger partial charge in [-0.3, -0.25) is 9.59 Å². The van der Waals surface area contributed by atoms with Crippen molar-refractivity contribution in [2.45, 2.75) is 31.8 Å². The summed E-state index contributed by atoms with van der Waals surface area (Å²) in [5.41, 5.74) is 10.2. The van der Waals surface area contributed by atoms with Crippen molar-refractivity contribution in [3.05, 3.63) is 60.8 Å². The van der Waals surface area contributed by atoms with E-state index in [1.807, 2.05) is 47.4 Å². The van der Waals surface area contributed by atoms with E-state index in [1.54, 1.807) is 13.1 Å². The zero-order chi connectivity index (χ0) is 26.5. The van der Waals surface area contributed by atoms with Gasteiger partial charge < -0.3 is 31.5 Å². The lowest BCUT2D eigenvalue weighted by atomic mass is 10.1. The quantitative estimate of drug-likeness (QED) is 0.379. The molecule has 3 heterocycles. The number of hydrogen-bond acceptors (Lipinski definition) is 8. The Morgan fingerprint density at radius 1 is 1.00 bits per heavy atom. The minimum atomic E-state index is -0.460. The van der Waals surface area contributed by atoms with Crippen LogP contribution >= 0.6 is 0 Å². The first kappa shape index (κ1) is 25.6. The summed E-state index contributed by atoms with van der Waals surface area (Å²) in [7, 11) is 0. The molecule has 2 aromatic carbocycles. The smallest absolute Gasteiger partial charge is 0.241 e. The third kappa shape index (κ3) is 6.09. The summed E-state index contributed by atoms with van der Waals surface area (Å²) in [4.78, 5) is 37.6. The van der Waals surface area contributed by atoms with Gasteiger partial charge in [-0.05, 0) is 68.8 Å². The molecule has 5 rings (SSSR count). The second-order valence-corrected chi connectivity index (χ2v) is 9.75. The van der Waals surface area contributed by atoms with Gasteiger partial charge in [-0.2, -0.15) is 0 Å². The van der Waals surface area contributed by atoms with Crippen molar-refractivity contribution < 1.29 is 9.59 Å². The molecule has 198 valence electrons. The third-order valence-electron chi connectivity index (χ3n) is 6.95. The van der Waals surface area contributed by atoms with Crippen LogP contribution < -0.4 is 26.6 Å². The van der Waals surface area contributed by atoms with Crippen molar-refractivity contribution in [1.82, 2.24) is 20.2 Å². The van der Waals surface area contributed by atoms with Crippen molar-refractivity contribution in [2.24, 2.45) is 5.73 Å². The molecule has 1 aromatic heterocycles. The van der Waals surface area contributed by atoms with E-state index in [0.29, 0.717) is 19.0 Å². The van der Waals surface area contributed by atoms with Crippen molar-refractivity contribution in [1.29, 1.82) is 0 Å². The first-order valence-corrected chi connectivity index (χ1v) is 13.1. The number of nitrogens with one attached hydrogen (secondary N) is 3. The zero-order valence-corrected chi connectivity index (χ0v) is 21.6. The summed E-state index contributed by atoms with van der Waals surface area (Å²) in [5, 5.41) is 9.46. The van der Waals surface area contributed by atoms with E-state index < -0.39 is 6.04 Å². The van der Waals surface area contributed by atoms with Gasteiger partial charge >= 0.3 is 0 Å². The minimum Gasteiger partial charge on any atom is -0.368 e. The topological polar surface area (TPSA) is 129 Å². The number of amides is 2. The molecule has 2 fully saturated rings. The largest absolute Gasteiger partial charge is 0.368 e. The van der Waals surface area contributed by atoms with Crippen LogP contribution in [0.1, 0.15) is 19.8 Å². The van der Waals surface area contributed by atoms with Crippen LogP contribution in [0.3, 0.4) is 0 Å². The standard InChI is InChI=1S/C28H34N8O2/c1-19(29)27(38)36-17-15-35(16-18-36)23-10-8-22(9-11-23)33-28-31-14-12-24(34-28)20-4-6-21(7-5-20)32-26(37)25-3-2-13-30-25/h4-12,14,19,25,30H,2-3,13,15-18,29H2,1H3,(H,32,37)(H,31,33,34)/t19-,25-/m1/s1. The fourth-order valence-corrected chi connectivity index (χ4v) is 4.80. The average Bonchev–Trinajstić information content (AvgIpc) is 3.49. The van der Waals surface area contributed by atoms with Crippen LogP contribution in [0.2, 0.25) is 0 Å². The van der Waals surface area contributed by atoms with Gasteiger partial charge in [0.1, 0.15) is 0 Å². The van der Waals surface area contributed by atoms with Gasteiger partial charge in [0.15, 0.2) is 0 Å². The van der Waals surface area contributed by atoms with Gasteiger partial charge in [-0.25, -0.2) is 9.97 Å². The summed E-state index contributed by atoms with van der Waals surface area (Å²) < 4.78 is 0. The molecule has 2 amide bonds. The first-order valence-electron chi connectivity index (χ1n) is 13.1. The second kappa shape index (κ2) is 11.6. The number of benzene rings is 2. The average molecular weight is 515 g/mol. The predicted molar refractivity (Wildman–Crippen MR) is 149 cm³/mol. The van der Waals surface area contributed by atoms with E-state index >= 15 is 0 Å². The van der Waals surface area contributed by atoms with Crippen LogP contribution in [0.4, 0.5) is 23.0 Å². The number of aromatic nitrogens is 2. The van der Waals surface area contributed by atoms with Gasteiger partial charge in [-0.15, -0.1) is 0 Å². The Hall–Kier alpha value is -4.02. The van der Waals surface area contributed by atoms with Gasteiger partial charge in [-0.1, -0.05) is 12.1 Å². The summed E-state index contributed by atoms with van der Waals surface area (Å²) in [6, 6.07) is 17.1. The number of carbonyl (C=O) groups is 2. The Labute approximate surface area is 222 Å². The number of nitrogens with zero attached hydrogens (tertiary/aromatic N) is 4. The fraction of sp³-hybridized carbons (Fsp3) is 0.357. The van der Waals surface area contributed by atoms with Crippen LogP contribution in [0.5, 0.6) is 0 Å². The zero-order valence-electron chi connectivity index (χ0n) is 21.6. The Balaban J connectivity index is 1.17. The van der Waals surface area contributed by atoms with Crippen LogP contribution in [0, 0.1) is 0 Å². The normalized spacial score (nSPS) is 18.2. The molecule has 0 radical (unpaired) electrons. The van der Waals surface area contributed by atoms with E-state index in [1.165, 1.54) is 0 Å². The Morgan fingerprint density at radius 3 is 2.37 bits per heavy atom. The fourth-order valence-electron chi connectivity index (χ4n) is 4.80. The van der Waals surface area contributed by atoms with Gasteiger partial charge in [0, 0.05) is 55.0 Å². The molecule has 3 aromatic rings. The summed E-state index contributed by atoms with van der Waals surface area (Å²) >= 11 is 0. The highest BCUT2D eigenvalue weighted by atomic mass is 16.2. The van der Waals surface area contributed by atoms with Crippen LogP contribution in [-0.4, -0.2) is 71.5 Å². The number of nitrogens with two attached hydrogens (primary N) is 1. The van der Waals surface area contributed by atoms with Crippen LogP contribution in [-0.2, 0) is 9.59 Å². The molecular formula is C28H34N8O2. The molecule has 0 bridgehead atoms. The Kier molecular flexibility index (Phi) is 7.81. The molecule has 2 saturated heterocycles. The highest BCUT2D eigenvalue weighted by Crippen LogP contribution is 2.24. The molecule has 0 saturated carbocycles. The molecule has 38 heavy (non-hydrogen) atoms. The van der Waals surface area contributed by atoms with Crippen LogP contribution in [0.15, 0.2) is 60.8 Å². The van der Waals surface area contributed by atoms with E-state index in [9.17, 15) is 9.59 Å². The summed E-state index contributed by atoms with van der Waals surface area (Å²) in [5.74, 6) is 0.516. The molecule has 10 nitrogen and oxygen atoms in total. The van der Waals surface area contributed by atoms with Gasteiger partial charge in [0.25, 0.3) is 0 Å². The third-order valence-corrected chi connectivity index (χ3v) is 6.95. The molecule has 2 aliphatic rings. The van der Waals surface area contributed by atoms with Crippen LogP contribution in [0.25, 0.3) is 11.3 Å². The monoisotopic (exact) mass is 514 g/mol. The molecule has 0 spiro atoms. The lowest BCUT2D eigenvalue weighted by Gasteiger charge is -2.36. The maximum atomic E-state index is 12.3. The lowest BCUT2D eigenvalue weighted by molar-refractivity contribution is -0.132. The summed E-state index contributed by atoms with van der Waals surface area (Å²) in [6.07, 6.45) is 3.63. The maximum absolute atomic E-state index is 12.3. The highest BCUT2D eigenvalue weighted by Gasteiger charge is 2.23. The van der Waals surface area contributed by atoms with Gasteiger partial charge in [0.05, 0.1) is 17.8 Å². The minimum absolute atomic E-state index is 0.00556. The van der Waals surface area contributed by atoms with Crippen molar-refractivity contribution in [3.8, 4) is 11.3 Å². The van der Waals surface area contributed by atoms with E-state index in [-0.39, 0.29) is 17.9 Å². The number of carbonyl (C=O) groups excluding carboxylic acids is 2. The maximum Gasteiger partial charge on any atom is 0.241 e. The second-order valence-electron chi connectivity index (χ2n) is 9.75. The molecule has 0 unspecified atom stereocenters. The van der Waals surface area contributed by atoms with E-state index in [2.05, 4.69) is 43.0 Å². The number of rotatable bonds is 7. The number of anilines is 4. The van der Waals surface area contributed by atoms with Crippen molar-refractivity contribution in [2.75, 3.05) is 48.3 Å². The van der Waals surface area contributed by atoms with E-state index in [0.717, 1.165) is 60.8 Å². The van der Waals surface area contributed by atoms with Gasteiger partial charge in [0.2, 0.25) is 17.8 Å². The lowest BCUT2D eigenvalue weighted by Crippen LogP contribution is -2.52. The van der Waals surface area contributed by atoms with Crippen molar-refractivity contribution >= 4 is 34.8 Å². The Morgan fingerprint density at radius 2 is 1.71 bits per heavy atom. The predicted octanol–water partition coefficient (Wildman–Crippen LogP) is 2.57. The summed E-state index contributed by atoms with van der Waals surface area (Å²) in [6.45, 7) is 5.51. The number of hydrogen-bond donors (Lipinski definition) is 4.